The number of hydrogen-bond acceptors (Lipinski definition) is 9. The van der Waals surface area contributed by atoms with Gasteiger partial charge in [0.25, 0.3) is 5.91 Å². The number of piperidine rings is 1. The van der Waals surface area contributed by atoms with Crippen LogP contribution in [0.2, 0.25) is 0 Å². The smallest absolute Gasteiger partial charge is 0.292 e. The zero-order valence-electron chi connectivity index (χ0n) is 17.6. The van der Waals surface area contributed by atoms with Gasteiger partial charge in [0.05, 0.1) is 5.71 Å². The summed E-state index contributed by atoms with van der Waals surface area (Å²) in [6.07, 6.45) is 3.45. The van der Waals surface area contributed by atoms with Crippen molar-refractivity contribution in [3.63, 3.8) is 0 Å². The van der Waals surface area contributed by atoms with Gasteiger partial charge in [-0.05, 0) is 55.7 Å². The van der Waals surface area contributed by atoms with Crippen molar-refractivity contribution in [2.75, 3.05) is 18.8 Å². The van der Waals surface area contributed by atoms with Crippen molar-refractivity contribution < 1.29 is 9.42 Å². The molecule has 1 aromatic carbocycles. The highest BCUT2D eigenvalue weighted by Gasteiger charge is 2.26. The van der Waals surface area contributed by atoms with E-state index in [0.717, 1.165) is 37.1 Å². The van der Waals surface area contributed by atoms with Crippen LogP contribution in [0.1, 0.15) is 53.5 Å². The maximum absolute atomic E-state index is 13.1. The normalized spacial score (nSPS) is 15.2. The summed E-state index contributed by atoms with van der Waals surface area (Å²) in [5, 5.41) is 19.9. The summed E-state index contributed by atoms with van der Waals surface area (Å²) < 4.78 is 5.92. The van der Waals surface area contributed by atoms with Gasteiger partial charge in [0.15, 0.2) is 5.69 Å². The van der Waals surface area contributed by atoms with Crippen LogP contribution in [0.4, 0.5) is 5.82 Å². The lowest BCUT2D eigenvalue weighted by Crippen LogP contribution is -2.31. The van der Waals surface area contributed by atoms with E-state index in [-0.39, 0.29) is 17.3 Å². The van der Waals surface area contributed by atoms with E-state index in [4.69, 9.17) is 5.73 Å². The maximum atomic E-state index is 13.1. The number of nitrogens with one attached hydrogen (secondary N) is 1. The molecule has 0 saturated carbocycles. The Balaban J connectivity index is 1.61. The number of carbonyl (C=O) groups excluding carboxylic acids is 1. The van der Waals surface area contributed by atoms with Crippen LogP contribution in [0.25, 0.3) is 5.82 Å². The molecule has 0 radical (unpaired) electrons. The fourth-order valence-electron chi connectivity index (χ4n) is 3.51. The zero-order valence-corrected chi connectivity index (χ0v) is 17.6. The van der Waals surface area contributed by atoms with E-state index in [9.17, 15) is 4.79 Å². The van der Waals surface area contributed by atoms with E-state index in [1.54, 1.807) is 0 Å². The maximum Gasteiger partial charge on any atom is 0.292 e. The number of nitrogens with zero attached hydrogens (tertiary/aromatic N) is 7. The van der Waals surface area contributed by atoms with Crippen molar-refractivity contribution in [1.82, 2.24) is 35.6 Å². The third-order valence-electron chi connectivity index (χ3n) is 5.27. The molecule has 31 heavy (non-hydrogen) atoms. The van der Waals surface area contributed by atoms with Crippen molar-refractivity contribution in [2.45, 2.75) is 39.7 Å². The molecule has 3 heterocycles. The number of aromatic nitrogens is 5. The second kappa shape index (κ2) is 9.04. The molecule has 11 heteroatoms. The Morgan fingerprint density at radius 1 is 1.19 bits per heavy atom. The molecule has 0 spiro atoms. The second-order valence-corrected chi connectivity index (χ2v) is 7.61. The molecule has 3 N–H and O–H groups in total. The summed E-state index contributed by atoms with van der Waals surface area (Å²) in [5.74, 6) is -0.338. The number of amides is 1. The minimum atomic E-state index is -0.467. The number of benzene rings is 1. The van der Waals surface area contributed by atoms with E-state index in [1.807, 2.05) is 38.1 Å². The van der Waals surface area contributed by atoms with Gasteiger partial charge in [0.1, 0.15) is 5.69 Å². The molecule has 0 unspecified atom stereocenters. The third kappa shape index (κ3) is 4.61. The molecule has 4 rings (SSSR count). The summed E-state index contributed by atoms with van der Waals surface area (Å²) in [6, 6.07) is 7.89. The molecular weight excluding hydrogens is 398 g/mol. The van der Waals surface area contributed by atoms with E-state index in [1.165, 1.54) is 11.1 Å². The van der Waals surface area contributed by atoms with Crippen molar-refractivity contribution in [2.24, 2.45) is 5.10 Å². The quantitative estimate of drug-likeness (QED) is 0.451. The zero-order chi connectivity index (χ0) is 21.8. The van der Waals surface area contributed by atoms with Crippen LogP contribution >= 0.6 is 0 Å². The van der Waals surface area contributed by atoms with E-state index >= 15 is 0 Å². The Labute approximate surface area is 179 Å². The number of nitrogens with two attached hydrogens (primary N) is 1. The van der Waals surface area contributed by atoms with Crippen LogP contribution in [0.3, 0.4) is 0 Å². The van der Waals surface area contributed by atoms with Crippen LogP contribution in [0.15, 0.2) is 34.0 Å². The predicted octanol–water partition coefficient (Wildman–Crippen LogP) is 1.68. The Hall–Kier alpha value is -3.60. The molecule has 1 aliphatic rings. The van der Waals surface area contributed by atoms with Gasteiger partial charge in [-0.25, -0.2) is 10.1 Å². The fourth-order valence-corrected chi connectivity index (χ4v) is 3.51. The van der Waals surface area contributed by atoms with E-state index in [0.29, 0.717) is 18.0 Å². The molecule has 1 aliphatic heterocycles. The lowest BCUT2D eigenvalue weighted by molar-refractivity contribution is 0.0944. The van der Waals surface area contributed by atoms with Crippen LogP contribution < -0.4 is 11.2 Å². The largest absolute Gasteiger partial charge is 0.378 e. The van der Waals surface area contributed by atoms with Crippen LogP contribution in [-0.2, 0) is 6.54 Å². The topological polar surface area (TPSA) is 140 Å². The van der Waals surface area contributed by atoms with Crippen LogP contribution in [0.5, 0.6) is 0 Å². The Bertz CT molecular complexity index is 1080. The second-order valence-electron chi connectivity index (χ2n) is 7.61. The van der Waals surface area contributed by atoms with Gasteiger partial charge in [-0.15, -0.1) is 5.10 Å². The summed E-state index contributed by atoms with van der Waals surface area (Å²) in [6.45, 7) is 6.24. The Morgan fingerprint density at radius 3 is 2.61 bits per heavy atom. The third-order valence-corrected chi connectivity index (χ3v) is 5.27. The number of hydrogen-bond donors (Lipinski definition) is 2. The van der Waals surface area contributed by atoms with Gasteiger partial charge in [0, 0.05) is 6.54 Å². The predicted molar refractivity (Wildman–Crippen MR) is 114 cm³/mol. The van der Waals surface area contributed by atoms with Gasteiger partial charge < -0.3 is 5.73 Å². The van der Waals surface area contributed by atoms with Crippen molar-refractivity contribution >= 4 is 17.4 Å². The van der Waals surface area contributed by atoms with Crippen molar-refractivity contribution in [3.05, 3.63) is 46.8 Å². The molecular formula is C20H25N9O2. The first-order valence-electron chi connectivity index (χ1n) is 10.2. The molecule has 3 aromatic rings. The van der Waals surface area contributed by atoms with Gasteiger partial charge in [0.2, 0.25) is 11.6 Å². The first kappa shape index (κ1) is 20.7. The first-order valence-corrected chi connectivity index (χ1v) is 10.2. The molecule has 11 nitrogen and oxygen atoms in total. The minimum Gasteiger partial charge on any atom is -0.378 e. The number of anilines is 1. The van der Waals surface area contributed by atoms with Gasteiger partial charge in [-0.2, -0.15) is 9.78 Å². The SMILES string of the molecule is CC(=NNC(=O)c1c(CN2CCCCC2)nnn1-c1nonc1N)c1ccc(C)cc1. The standard InChI is InChI=1S/C20H25N9O2/c1-13-6-8-15(9-7-13)14(2)22-24-20(30)17-16(12-28-10-4-3-5-11-28)23-27-29(17)19-18(21)25-31-26-19/h6-9H,3-5,10-12H2,1-2H3,(H2,21,25)(H,24,30). The number of aryl methyl sites for hydroxylation is 1. The first-order chi connectivity index (χ1) is 15.0. The number of carbonyl (C=O) groups is 1. The highest BCUT2D eigenvalue weighted by Crippen LogP contribution is 2.19. The summed E-state index contributed by atoms with van der Waals surface area (Å²) in [4.78, 5) is 15.4. The highest BCUT2D eigenvalue weighted by molar-refractivity contribution is 6.00. The minimum absolute atomic E-state index is 0.0165. The fraction of sp³-hybridized carbons (Fsp3) is 0.400. The monoisotopic (exact) mass is 423 g/mol. The molecule has 1 fully saturated rings. The van der Waals surface area contributed by atoms with Crippen molar-refractivity contribution in [3.8, 4) is 5.82 Å². The summed E-state index contributed by atoms with van der Waals surface area (Å²) in [5.41, 5.74) is 11.9. The lowest BCUT2D eigenvalue weighted by atomic mass is 10.1. The number of rotatable bonds is 6. The average Bonchev–Trinajstić information content (AvgIpc) is 3.38. The Morgan fingerprint density at radius 2 is 1.94 bits per heavy atom. The van der Waals surface area contributed by atoms with Crippen molar-refractivity contribution in [1.29, 1.82) is 0 Å². The van der Waals surface area contributed by atoms with Gasteiger partial charge in [-0.3, -0.25) is 9.69 Å². The number of hydrazone groups is 1. The highest BCUT2D eigenvalue weighted by atomic mass is 16.6. The molecule has 1 amide bonds. The summed E-state index contributed by atoms with van der Waals surface area (Å²) in [7, 11) is 0. The van der Waals surface area contributed by atoms with E-state index in [2.05, 4.69) is 40.7 Å². The number of nitrogen functional groups attached to an aromatic ring is 1. The molecule has 2 aromatic heterocycles. The number of likely N-dealkylation sites (tertiary alicyclic amines) is 1. The molecule has 0 atom stereocenters. The average molecular weight is 423 g/mol. The molecule has 1 saturated heterocycles. The lowest BCUT2D eigenvalue weighted by Gasteiger charge is -2.25. The Kier molecular flexibility index (Phi) is 6.03. The van der Waals surface area contributed by atoms with Gasteiger partial charge in [-0.1, -0.05) is 41.5 Å². The molecule has 162 valence electrons. The van der Waals surface area contributed by atoms with E-state index < -0.39 is 5.91 Å². The van der Waals surface area contributed by atoms with Crippen LogP contribution in [0, 0.1) is 6.92 Å². The molecule has 0 aliphatic carbocycles. The molecule has 0 bridgehead atoms. The summed E-state index contributed by atoms with van der Waals surface area (Å²) >= 11 is 0. The van der Waals surface area contributed by atoms with Gasteiger partial charge >= 0.3 is 0 Å². The van der Waals surface area contributed by atoms with Crippen LogP contribution in [-0.4, -0.2) is 54.9 Å².